The van der Waals surface area contributed by atoms with Crippen LogP contribution in [-0.2, 0) is 9.53 Å². The summed E-state index contributed by atoms with van der Waals surface area (Å²) in [5.74, 6) is -0.953. The summed E-state index contributed by atoms with van der Waals surface area (Å²) in [6.07, 6.45) is -1.19. The molecule has 1 rings (SSSR count). The van der Waals surface area contributed by atoms with Crippen LogP contribution in [0.3, 0.4) is 0 Å². The normalized spacial score (nSPS) is 12.3. The highest BCUT2D eigenvalue weighted by Crippen LogP contribution is 2.21. The summed E-state index contributed by atoms with van der Waals surface area (Å²) in [5.41, 5.74) is 1.16. The molecule has 0 fully saturated rings. The Morgan fingerprint density at radius 3 is 2.87 bits per heavy atom. The fraction of sp³-hybridized carbons (Fsp3) is 0.364. The van der Waals surface area contributed by atoms with Gasteiger partial charge in [-0.3, -0.25) is 4.79 Å². The van der Waals surface area contributed by atoms with Crippen LogP contribution in [0.4, 0.5) is 4.39 Å². The molecule has 0 aromatic heterocycles. The van der Waals surface area contributed by atoms with Crippen LogP contribution in [0.15, 0.2) is 18.2 Å². The van der Waals surface area contributed by atoms with E-state index in [2.05, 4.69) is 4.74 Å². The number of benzene rings is 1. The zero-order valence-electron chi connectivity index (χ0n) is 8.66. The molecule has 0 saturated carbocycles. The van der Waals surface area contributed by atoms with Gasteiger partial charge in [0.15, 0.2) is 0 Å². The summed E-state index contributed by atoms with van der Waals surface area (Å²) in [7, 11) is 1.24. The second-order valence-corrected chi connectivity index (χ2v) is 3.30. The minimum atomic E-state index is -1.02. The van der Waals surface area contributed by atoms with E-state index in [1.807, 2.05) is 0 Å². The first-order valence-electron chi connectivity index (χ1n) is 4.55. The first-order chi connectivity index (χ1) is 7.04. The van der Waals surface area contributed by atoms with Gasteiger partial charge in [0.2, 0.25) is 0 Å². The van der Waals surface area contributed by atoms with Crippen molar-refractivity contribution < 1.29 is 19.0 Å². The number of aryl methyl sites for hydroxylation is 1. The maximum absolute atomic E-state index is 12.9. The lowest BCUT2D eigenvalue weighted by Gasteiger charge is -2.12. The van der Waals surface area contributed by atoms with Crippen LogP contribution in [0.1, 0.15) is 23.7 Å². The number of esters is 1. The topological polar surface area (TPSA) is 46.5 Å². The molecule has 0 aliphatic heterocycles. The van der Waals surface area contributed by atoms with Gasteiger partial charge in [0.25, 0.3) is 0 Å². The first kappa shape index (κ1) is 11.7. The predicted octanol–water partition coefficient (Wildman–Crippen LogP) is 1.73. The number of hydrogen-bond acceptors (Lipinski definition) is 3. The number of rotatable bonds is 3. The smallest absolute Gasteiger partial charge is 0.308 e. The first-order valence-corrected chi connectivity index (χ1v) is 4.55. The quantitative estimate of drug-likeness (QED) is 0.776. The largest absolute Gasteiger partial charge is 0.469 e. The number of hydrogen-bond donors (Lipinski definition) is 1. The van der Waals surface area contributed by atoms with E-state index in [0.717, 1.165) is 5.56 Å². The van der Waals surface area contributed by atoms with Gasteiger partial charge in [0, 0.05) is 0 Å². The predicted molar refractivity (Wildman–Crippen MR) is 52.7 cm³/mol. The zero-order chi connectivity index (χ0) is 11.4. The Kier molecular flexibility index (Phi) is 3.80. The summed E-state index contributed by atoms with van der Waals surface area (Å²) in [4.78, 5) is 10.9. The SMILES string of the molecule is COC(=O)CC(O)c1cc(F)ccc1C. The summed E-state index contributed by atoms with van der Waals surface area (Å²) < 4.78 is 17.3. The minimum absolute atomic E-state index is 0.166. The van der Waals surface area contributed by atoms with E-state index in [-0.39, 0.29) is 6.42 Å². The van der Waals surface area contributed by atoms with Crippen LogP contribution in [-0.4, -0.2) is 18.2 Å². The lowest BCUT2D eigenvalue weighted by atomic mass is 10.0. The van der Waals surface area contributed by atoms with E-state index in [9.17, 15) is 14.3 Å². The van der Waals surface area contributed by atoms with E-state index < -0.39 is 17.9 Å². The highest BCUT2D eigenvalue weighted by Gasteiger charge is 2.15. The van der Waals surface area contributed by atoms with Gasteiger partial charge in [-0.1, -0.05) is 6.07 Å². The molecule has 82 valence electrons. The van der Waals surface area contributed by atoms with Gasteiger partial charge in [-0.25, -0.2) is 4.39 Å². The van der Waals surface area contributed by atoms with Gasteiger partial charge in [-0.05, 0) is 30.2 Å². The summed E-state index contributed by atoms with van der Waals surface area (Å²) in [6, 6.07) is 4.10. The molecule has 1 aromatic rings. The van der Waals surface area contributed by atoms with E-state index in [1.165, 1.54) is 19.2 Å². The summed E-state index contributed by atoms with van der Waals surface area (Å²) >= 11 is 0. The van der Waals surface area contributed by atoms with Crippen molar-refractivity contribution in [3.05, 3.63) is 35.1 Å². The van der Waals surface area contributed by atoms with E-state index >= 15 is 0 Å². The van der Waals surface area contributed by atoms with E-state index in [4.69, 9.17) is 0 Å². The van der Waals surface area contributed by atoms with Gasteiger partial charge in [0.05, 0.1) is 19.6 Å². The van der Waals surface area contributed by atoms with Crippen LogP contribution in [0.2, 0.25) is 0 Å². The molecule has 0 bridgehead atoms. The molecule has 15 heavy (non-hydrogen) atoms. The zero-order valence-corrected chi connectivity index (χ0v) is 8.66. The second-order valence-electron chi connectivity index (χ2n) is 3.30. The molecule has 3 nitrogen and oxygen atoms in total. The van der Waals surface area contributed by atoms with Crippen molar-refractivity contribution in [3.8, 4) is 0 Å². The summed E-state index contributed by atoms with van der Waals surface area (Å²) in [5, 5.41) is 9.66. The minimum Gasteiger partial charge on any atom is -0.469 e. The maximum Gasteiger partial charge on any atom is 0.308 e. The number of aliphatic hydroxyl groups excluding tert-OH is 1. The van der Waals surface area contributed by atoms with Gasteiger partial charge in [0.1, 0.15) is 5.82 Å². The lowest BCUT2D eigenvalue weighted by molar-refractivity contribution is -0.142. The molecule has 1 N–H and O–H groups in total. The van der Waals surface area contributed by atoms with E-state index in [1.54, 1.807) is 13.0 Å². The third kappa shape index (κ3) is 3.02. The van der Waals surface area contributed by atoms with Crippen molar-refractivity contribution in [1.29, 1.82) is 0 Å². The van der Waals surface area contributed by atoms with Crippen LogP contribution < -0.4 is 0 Å². The van der Waals surface area contributed by atoms with Crippen molar-refractivity contribution in [2.24, 2.45) is 0 Å². The molecule has 4 heteroatoms. The fourth-order valence-electron chi connectivity index (χ4n) is 1.32. The Bertz CT molecular complexity index is 363. The third-order valence-corrected chi connectivity index (χ3v) is 2.19. The molecule has 1 unspecified atom stereocenters. The molecule has 0 amide bonds. The van der Waals surface area contributed by atoms with Crippen molar-refractivity contribution in [3.63, 3.8) is 0 Å². The Balaban J connectivity index is 2.85. The molecule has 0 radical (unpaired) electrons. The van der Waals surface area contributed by atoms with Gasteiger partial charge in [-0.2, -0.15) is 0 Å². The van der Waals surface area contributed by atoms with Gasteiger partial charge in [-0.15, -0.1) is 0 Å². The van der Waals surface area contributed by atoms with Crippen LogP contribution in [0.5, 0.6) is 0 Å². The third-order valence-electron chi connectivity index (χ3n) is 2.19. The van der Waals surface area contributed by atoms with Gasteiger partial charge < -0.3 is 9.84 Å². The molecule has 1 atom stereocenters. The van der Waals surface area contributed by atoms with Gasteiger partial charge >= 0.3 is 5.97 Å². The molecule has 0 saturated heterocycles. The number of aliphatic hydroxyl groups is 1. The lowest BCUT2D eigenvalue weighted by Crippen LogP contribution is -2.09. The number of carbonyl (C=O) groups excluding carboxylic acids is 1. The number of carbonyl (C=O) groups is 1. The highest BCUT2D eigenvalue weighted by molar-refractivity contribution is 5.70. The molecular formula is C11H13FO3. The Morgan fingerprint density at radius 1 is 1.60 bits per heavy atom. The number of halogens is 1. The summed E-state index contributed by atoms with van der Waals surface area (Å²) in [6.45, 7) is 1.75. The molecule has 0 aliphatic rings. The van der Waals surface area contributed by atoms with Crippen molar-refractivity contribution in [2.45, 2.75) is 19.4 Å². The fourth-order valence-corrected chi connectivity index (χ4v) is 1.32. The molecule has 0 spiro atoms. The molecule has 1 aromatic carbocycles. The highest BCUT2D eigenvalue weighted by atomic mass is 19.1. The molecular weight excluding hydrogens is 199 g/mol. The maximum atomic E-state index is 12.9. The van der Waals surface area contributed by atoms with Crippen LogP contribution in [0, 0.1) is 12.7 Å². The number of ether oxygens (including phenoxy) is 1. The second kappa shape index (κ2) is 4.89. The van der Waals surface area contributed by atoms with Crippen molar-refractivity contribution in [2.75, 3.05) is 7.11 Å². The Labute approximate surface area is 87.5 Å². The Morgan fingerprint density at radius 2 is 2.27 bits per heavy atom. The van der Waals surface area contributed by atoms with Crippen molar-refractivity contribution >= 4 is 5.97 Å². The molecule has 0 aliphatic carbocycles. The van der Waals surface area contributed by atoms with Crippen LogP contribution >= 0.6 is 0 Å². The Hall–Kier alpha value is -1.42. The standard InChI is InChI=1S/C11H13FO3/c1-7-3-4-8(12)5-9(7)10(13)6-11(14)15-2/h3-5,10,13H,6H2,1-2H3. The number of methoxy groups -OCH3 is 1. The van der Waals surface area contributed by atoms with E-state index in [0.29, 0.717) is 5.56 Å². The van der Waals surface area contributed by atoms with Crippen molar-refractivity contribution in [1.82, 2.24) is 0 Å². The average molecular weight is 212 g/mol. The average Bonchev–Trinajstić information content (AvgIpc) is 2.21. The van der Waals surface area contributed by atoms with Crippen LogP contribution in [0.25, 0.3) is 0 Å². The molecule has 0 heterocycles. The monoisotopic (exact) mass is 212 g/mol.